The van der Waals surface area contributed by atoms with Crippen molar-refractivity contribution in [3.8, 4) is 0 Å². The number of rotatable bonds is 2. The minimum Gasteiger partial charge on any atom is -0.465 e. The quantitative estimate of drug-likeness (QED) is 0.700. The van der Waals surface area contributed by atoms with Crippen molar-refractivity contribution in [3.63, 3.8) is 0 Å². The van der Waals surface area contributed by atoms with Gasteiger partial charge in [0.05, 0.1) is 19.7 Å². The predicted octanol–water partition coefficient (Wildman–Crippen LogP) is 1.47. The van der Waals surface area contributed by atoms with E-state index in [0.29, 0.717) is 10.9 Å². The highest BCUT2D eigenvalue weighted by atomic mass is 16.5. The molecule has 3 rings (SSSR count). The Labute approximate surface area is 124 Å². The molecular formula is C15H13N3O4. The van der Waals surface area contributed by atoms with E-state index >= 15 is 0 Å². The zero-order chi connectivity index (χ0) is 15.9. The third-order valence-electron chi connectivity index (χ3n) is 3.46. The number of hydrogen-bond donors (Lipinski definition) is 2. The maximum Gasteiger partial charge on any atom is 0.356 e. The molecule has 0 unspecified atom stereocenters. The normalized spacial score (nSPS) is 10.8. The lowest BCUT2D eigenvalue weighted by Crippen LogP contribution is -2.20. The summed E-state index contributed by atoms with van der Waals surface area (Å²) in [6.07, 6.45) is 0. The number of aromatic amines is 1. The van der Waals surface area contributed by atoms with Crippen molar-refractivity contribution < 1.29 is 19.1 Å². The first-order chi connectivity index (χ1) is 10.6. The second kappa shape index (κ2) is 5.03. The molecule has 0 atom stereocenters. The SMILES string of the molecule is COC(=O)c1[nH]n2c(=N)cc3ccccc(c1C(=O)OC)c32. The van der Waals surface area contributed by atoms with Crippen LogP contribution in [0.2, 0.25) is 0 Å². The molecule has 0 amide bonds. The Morgan fingerprint density at radius 1 is 1.14 bits per heavy atom. The number of H-pyrrole nitrogens is 1. The summed E-state index contributed by atoms with van der Waals surface area (Å²) in [4.78, 5) is 24.2. The van der Waals surface area contributed by atoms with Crippen LogP contribution in [0.1, 0.15) is 20.8 Å². The molecule has 0 aliphatic rings. The van der Waals surface area contributed by atoms with Gasteiger partial charge in [-0.25, -0.2) is 14.1 Å². The van der Waals surface area contributed by atoms with Crippen LogP contribution < -0.4 is 5.49 Å². The molecule has 0 aliphatic heterocycles. The third kappa shape index (κ3) is 1.86. The molecule has 0 saturated heterocycles. The monoisotopic (exact) mass is 299 g/mol. The van der Waals surface area contributed by atoms with Crippen molar-refractivity contribution in [1.82, 2.24) is 9.61 Å². The summed E-state index contributed by atoms with van der Waals surface area (Å²) in [6.45, 7) is 0. The number of nitrogens with zero attached hydrogens (tertiary/aromatic N) is 1. The van der Waals surface area contributed by atoms with Gasteiger partial charge in [0, 0.05) is 10.8 Å². The summed E-state index contributed by atoms with van der Waals surface area (Å²) < 4.78 is 11.0. The van der Waals surface area contributed by atoms with Gasteiger partial charge in [0.2, 0.25) is 0 Å². The summed E-state index contributed by atoms with van der Waals surface area (Å²) in [6, 6.07) is 8.72. The van der Waals surface area contributed by atoms with Crippen LogP contribution in [0.3, 0.4) is 0 Å². The highest BCUT2D eigenvalue weighted by Crippen LogP contribution is 2.24. The van der Waals surface area contributed by atoms with E-state index in [2.05, 4.69) is 5.10 Å². The first-order valence-corrected chi connectivity index (χ1v) is 6.46. The van der Waals surface area contributed by atoms with E-state index in [-0.39, 0.29) is 16.7 Å². The van der Waals surface area contributed by atoms with Gasteiger partial charge in [-0.1, -0.05) is 24.3 Å². The van der Waals surface area contributed by atoms with Crippen molar-refractivity contribution >= 4 is 28.2 Å². The van der Waals surface area contributed by atoms with Crippen molar-refractivity contribution in [2.24, 2.45) is 0 Å². The Morgan fingerprint density at radius 3 is 2.50 bits per heavy atom. The van der Waals surface area contributed by atoms with Gasteiger partial charge in [-0.3, -0.25) is 10.5 Å². The van der Waals surface area contributed by atoms with Crippen molar-refractivity contribution in [2.45, 2.75) is 0 Å². The third-order valence-corrected chi connectivity index (χ3v) is 3.46. The van der Waals surface area contributed by atoms with Crippen molar-refractivity contribution in [1.29, 1.82) is 5.41 Å². The standard InChI is InChI=1S/C15H13N3O4/c1-21-14(19)11-9-6-4-3-5-8-7-10(16)18(13(8)9)17-12(11)15(20)22-2/h3-7,16-17H,1-2H3. The zero-order valence-corrected chi connectivity index (χ0v) is 12.0. The Morgan fingerprint density at radius 2 is 1.82 bits per heavy atom. The van der Waals surface area contributed by atoms with Crippen LogP contribution in [0.4, 0.5) is 0 Å². The van der Waals surface area contributed by atoms with Crippen LogP contribution in [0.25, 0.3) is 16.3 Å². The van der Waals surface area contributed by atoms with Crippen LogP contribution in [-0.4, -0.2) is 35.8 Å². The number of esters is 2. The fraction of sp³-hybridized carbons (Fsp3) is 0.133. The molecule has 2 heterocycles. The van der Waals surface area contributed by atoms with Crippen molar-refractivity contribution in [3.05, 3.63) is 47.1 Å². The molecule has 2 aromatic heterocycles. The van der Waals surface area contributed by atoms with Crippen LogP contribution in [-0.2, 0) is 9.47 Å². The van der Waals surface area contributed by atoms with Gasteiger partial charge in [0.1, 0.15) is 11.1 Å². The molecule has 0 bridgehead atoms. The van der Waals surface area contributed by atoms with E-state index < -0.39 is 11.9 Å². The fourth-order valence-corrected chi connectivity index (χ4v) is 2.51. The second-order valence-corrected chi connectivity index (χ2v) is 4.65. The molecule has 7 nitrogen and oxygen atoms in total. The minimum absolute atomic E-state index is 0.0564. The van der Waals surface area contributed by atoms with E-state index in [9.17, 15) is 9.59 Å². The average molecular weight is 299 g/mol. The lowest BCUT2D eigenvalue weighted by atomic mass is 10.1. The Bertz CT molecular complexity index is 968. The lowest BCUT2D eigenvalue weighted by Gasteiger charge is -2.10. The minimum atomic E-state index is -0.709. The topological polar surface area (TPSA) is 96.6 Å². The van der Waals surface area contributed by atoms with Crippen LogP contribution >= 0.6 is 0 Å². The highest BCUT2D eigenvalue weighted by Gasteiger charge is 2.24. The van der Waals surface area contributed by atoms with Crippen molar-refractivity contribution in [2.75, 3.05) is 14.2 Å². The molecule has 0 radical (unpaired) electrons. The predicted molar refractivity (Wildman–Crippen MR) is 77.8 cm³/mol. The number of hydrogen-bond acceptors (Lipinski definition) is 5. The lowest BCUT2D eigenvalue weighted by molar-refractivity contribution is 0.0550. The summed E-state index contributed by atoms with van der Waals surface area (Å²) in [5.41, 5.74) is 0.816. The molecular weight excluding hydrogens is 286 g/mol. The molecule has 22 heavy (non-hydrogen) atoms. The summed E-state index contributed by atoms with van der Waals surface area (Å²) in [5.74, 6) is -1.36. The van der Waals surface area contributed by atoms with E-state index in [1.54, 1.807) is 24.3 Å². The van der Waals surface area contributed by atoms with Gasteiger partial charge >= 0.3 is 11.9 Å². The first kappa shape index (κ1) is 13.9. The zero-order valence-electron chi connectivity index (χ0n) is 12.0. The van der Waals surface area contributed by atoms with Gasteiger partial charge in [0.15, 0.2) is 5.69 Å². The van der Waals surface area contributed by atoms with Gasteiger partial charge in [0.25, 0.3) is 0 Å². The van der Waals surface area contributed by atoms with Gasteiger partial charge in [-0.15, -0.1) is 0 Å². The molecule has 2 N–H and O–H groups in total. The molecule has 0 spiro atoms. The maximum absolute atomic E-state index is 12.2. The molecule has 0 saturated carbocycles. The Balaban J connectivity index is 2.61. The van der Waals surface area contributed by atoms with E-state index in [1.165, 1.54) is 18.7 Å². The summed E-state index contributed by atoms with van der Waals surface area (Å²) in [7, 11) is 2.47. The summed E-state index contributed by atoms with van der Waals surface area (Å²) in [5, 5.41) is 12.1. The molecule has 0 aliphatic carbocycles. The highest BCUT2D eigenvalue weighted by molar-refractivity contribution is 6.13. The van der Waals surface area contributed by atoms with Crippen LogP contribution in [0.15, 0.2) is 30.3 Å². The molecule has 7 heteroatoms. The Hall–Kier alpha value is -3.09. The number of carbonyl (C=O) groups excluding carboxylic acids is 2. The van der Waals surface area contributed by atoms with E-state index in [0.717, 1.165) is 5.39 Å². The average Bonchev–Trinajstić information content (AvgIpc) is 2.71. The largest absolute Gasteiger partial charge is 0.465 e. The smallest absolute Gasteiger partial charge is 0.356 e. The molecule has 0 fully saturated rings. The van der Waals surface area contributed by atoms with E-state index in [4.69, 9.17) is 14.9 Å². The van der Waals surface area contributed by atoms with Gasteiger partial charge in [-0.05, 0) is 6.07 Å². The number of methoxy groups -OCH3 is 2. The van der Waals surface area contributed by atoms with Gasteiger partial charge in [-0.2, -0.15) is 0 Å². The van der Waals surface area contributed by atoms with E-state index in [1.807, 2.05) is 6.07 Å². The van der Waals surface area contributed by atoms with Gasteiger partial charge < -0.3 is 9.47 Å². The number of aromatic nitrogens is 2. The second-order valence-electron chi connectivity index (χ2n) is 4.65. The number of carbonyl (C=O) groups is 2. The van der Waals surface area contributed by atoms with Crippen LogP contribution in [0, 0.1) is 5.41 Å². The number of ether oxygens (including phenoxy) is 2. The maximum atomic E-state index is 12.2. The number of nitrogens with one attached hydrogen (secondary N) is 2. The molecule has 112 valence electrons. The first-order valence-electron chi connectivity index (χ1n) is 6.46. The molecule has 3 aromatic rings. The molecule has 1 aromatic carbocycles. The van der Waals surface area contributed by atoms with Crippen LogP contribution in [0.5, 0.6) is 0 Å². The fourth-order valence-electron chi connectivity index (χ4n) is 2.51. The Kier molecular flexibility index (Phi) is 3.17. The summed E-state index contributed by atoms with van der Waals surface area (Å²) >= 11 is 0.